The second kappa shape index (κ2) is 6.27. The third-order valence-corrected chi connectivity index (χ3v) is 2.19. The fourth-order valence-electron chi connectivity index (χ4n) is 1.42. The molecule has 0 spiro atoms. The van der Waals surface area contributed by atoms with Crippen molar-refractivity contribution in [3.8, 4) is 0 Å². The van der Waals surface area contributed by atoms with Gasteiger partial charge in [0, 0.05) is 25.5 Å². The van der Waals surface area contributed by atoms with Gasteiger partial charge in [0.2, 0.25) is 0 Å². The number of halogens is 1. The van der Waals surface area contributed by atoms with E-state index in [0.717, 1.165) is 11.5 Å². The van der Waals surface area contributed by atoms with Crippen molar-refractivity contribution < 1.29 is 5.11 Å². The van der Waals surface area contributed by atoms with Crippen LogP contribution in [0.2, 0.25) is 0 Å². The third kappa shape index (κ3) is 3.76. The van der Waals surface area contributed by atoms with Gasteiger partial charge in [-0.1, -0.05) is 0 Å². The number of hydrogen-bond donors (Lipinski definition) is 2. The number of aryl methyl sites for hydroxylation is 1. The number of aromatic nitrogens is 4. The Hall–Kier alpha value is -1.53. The van der Waals surface area contributed by atoms with Gasteiger partial charge in [-0.3, -0.25) is 9.36 Å². The average molecular weight is 258 g/mol. The molecule has 6 nitrogen and oxygen atoms in total. The Balaban J connectivity index is 0.00000144. The van der Waals surface area contributed by atoms with E-state index in [0.29, 0.717) is 13.1 Å². The summed E-state index contributed by atoms with van der Waals surface area (Å²) in [6, 6.07) is 3.83. The highest BCUT2D eigenvalue weighted by Crippen LogP contribution is 2.04. The van der Waals surface area contributed by atoms with Crippen molar-refractivity contribution in [3.05, 3.63) is 30.2 Å². The number of nitrogens with zero attached hydrogens (tertiary/aromatic N) is 4. The lowest BCUT2D eigenvalue weighted by Gasteiger charge is -2.00. The maximum absolute atomic E-state index is 8.75. The quantitative estimate of drug-likeness (QED) is 0.825. The average Bonchev–Trinajstić information content (AvgIpc) is 2.85. The molecular formula is C10H16ClN5O. The Morgan fingerprint density at radius 2 is 2.12 bits per heavy atom. The fraction of sp³-hybridized carbons (Fsp3) is 0.400. The van der Waals surface area contributed by atoms with Gasteiger partial charge in [0.15, 0.2) is 0 Å². The number of rotatable bonds is 5. The Morgan fingerprint density at radius 1 is 1.29 bits per heavy atom. The van der Waals surface area contributed by atoms with Gasteiger partial charge >= 0.3 is 0 Å². The monoisotopic (exact) mass is 257 g/mol. The van der Waals surface area contributed by atoms with Crippen molar-refractivity contribution in [2.45, 2.75) is 13.1 Å². The first-order valence-electron chi connectivity index (χ1n) is 5.14. The predicted octanol–water partition coefficient (Wildman–Crippen LogP) is 0.643. The fourth-order valence-corrected chi connectivity index (χ4v) is 1.42. The van der Waals surface area contributed by atoms with E-state index in [4.69, 9.17) is 5.11 Å². The van der Waals surface area contributed by atoms with E-state index < -0.39 is 0 Å². The molecule has 0 aliphatic rings. The lowest BCUT2D eigenvalue weighted by molar-refractivity contribution is 0.269. The molecule has 2 aromatic rings. The van der Waals surface area contributed by atoms with Crippen LogP contribution in [-0.2, 0) is 20.1 Å². The normalized spacial score (nSPS) is 10.0. The highest BCUT2D eigenvalue weighted by Gasteiger charge is 2.00. The minimum atomic E-state index is 0. The summed E-state index contributed by atoms with van der Waals surface area (Å²) in [6.45, 7) is 1.27. The van der Waals surface area contributed by atoms with Gasteiger partial charge in [-0.25, -0.2) is 0 Å². The molecule has 0 aliphatic heterocycles. The van der Waals surface area contributed by atoms with Crippen LogP contribution in [0.25, 0.3) is 0 Å². The Kier molecular flexibility index (Phi) is 4.99. The van der Waals surface area contributed by atoms with Crippen molar-refractivity contribution >= 4 is 18.2 Å². The zero-order valence-corrected chi connectivity index (χ0v) is 10.4. The van der Waals surface area contributed by atoms with Gasteiger partial charge in [-0.2, -0.15) is 10.2 Å². The molecule has 0 saturated carbocycles. The maximum atomic E-state index is 8.75. The second-order valence-electron chi connectivity index (χ2n) is 3.52. The van der Waals surface area contributed by atoms with Gasteiger partial charge in [0.05, 0.1) is 25.4 Å². The standard InChI is InChI=1S/C10H15N5O.ClH/c1-14-4-2-9(12-14)8-11-10-3-5-15(13-10)6-7-16;/h2-5,16H,6-8H2,1H3,(H,11,13);1H. The van der Waals surface area contributed by atoms with Gasteiger partial charge < -0.3 is 10.4 Å². The Labute approximate surface area is 106 Å². The number of hydrogen-bond acceptors (Lipinski definition) is 4. The second-order valence-corrected chi connectivity index (χ2v) is 3.52. The van der Waals surface area contributed by atoms with E-state index in [9.17, 15) is 0 Å². The summed E-state index contributed by atoms with van der Waals surface area (Å²) < 4.78 is 3.46. The van der Waals surface area contributed by atoms with E-state index in [1.807, 2.05) is 31.6 Å². The highest BCUT2D eigenvalue weighted by atomic mass is 35.5. The molecule has 0 atom stereocenters. The summed E-state index contributed by atoms with van der Waals surface area (Å²) in [5.41, 5.74) is 0.971. The predicted molar refractivity (Wildman–Crippen MR) is 67.1 cm³/mol. The molecule has 0 radical (unpaired) electrons. The molecule has 0 unspecified atom stereocenters. The van der Waals surface area contributed by atoms with Crippen molar-refractivity contribution in [1.29, 1.82) is 0 Å². The molecule has 0 fully saturated rings. The largest absolute Gasteiger partial charge is 0.394 e. The van der Waals surface area contributed by atoms with Gasteiger partial charge in [-0.15, -0.1) is 12.4 Å². The molecule has 2 aromatic heterocycles. The molecule has 0 aliphatic carbocycles. The summed E-state index contributed by atoms with van der Waals surface area (Å²) in [4.78, 5) is 0. The minimum Gasteiger partial charge on any atom is -0.394 e. The van der Waals surface area contributed by atoms with Crippen LogP contribution in [0.15, 0.2) is 24.5 Å². The molecule has 0 saturated heterocycles. The van der Waals surface area contributed by atoms with E-state index in [-0.39, 0.29) is 19.0 Å². The number of nitrogens with one attached hydrogen (secondary N) is 1. The van der Waals surface area contributed by atoms with E-state index in [1.165, 1.54) is 0 Å². The molecule has 2 N–H and O–H groups in total. The molecule has 7 heteroatoms. The first-order chi connectivity index (χ1) is 7.78. The smallest absolute Gasteiger partial charge is 0.148 e. The van der Waals surface area contributed by atoms with Crippen molar-refractivity contribution in [3.63, 3.8) is 0 Å². The van der Waals surface area contributed by atoms with Gasteiger partial charge in [-0.05, 0) is 6.07 Å². The maximum Gasteiger partial charge on any atom is 0.148 e. The molecule has 17 heavy (non-hydrogen) atoms. The van der Waals surface area contributed by atoms with Crippen LogP contribution in [0.5, 0.6) is 0 Å². The van der Waals surface area contributed by atoms with Crippen molar-refractivity contribution in [2.24, 2.45) is 7.05 Å². The Bertz CT molecular complexity index is 453. The summed E-state index contributed by atoms with van der Waals surface area (Å²) in [5.74, 6) is 0.791. The van der Waals surface area contributed by atoms with Crippen LogP contribution >= 0.6 is 12.4 Å². The van der Waals surface area contributed by atoms with Crippen LogP contribution in [0.3, 0.4) is 0 Å². The van der Waals surface area contributed by atoms with Crippen molar-refractivity contribution in [1.82, 2.24) is 19.6 Å². The Morgan fingerprint density at radius 3 is 2.76 bits per heavy atom. The first kappa shape index (κ1) is 13.5. The zero-order chi connectivity index (χ0) is 11.4. The molecule has 94 valence electrons. The summed E-state index contributed by atoms with van der Waals surface area (Å²) >= 11 is 0. The number of aliphatic hydroxyl groups is 1. The van der Waals surface area contributed by atoms with E-state index in [2.05, 4.69) is 15.5 Å². The third-order valence-electron chi connectivity index (χ3n) is 2.19. The molecule has 2 heterocycles. The molecule has 2 rings (SSSR count). The SMILES string of the molecule is Cl.Cn1ccc(CNc2ccn(CCO)n2)n1. The van der Waals surface area contributed by atoms with Crippen LogP contribution in [0.1, 0.15) is 5.69 Å². The zero-order valence-electron chi connectivity index (χ0n) is 9.58. The van der Waals surface area contributed by atoms with E-state index >= 15 is 0 Å². The van der Waals surface area contributed by atoms with Crippen LogP contribution in [0, 0.1) is 0 Å². The molecule has 0 aromatic carbocycles. The summed E-state index contributed by atoms with van der Waals surface area (Å²) in [5, 5.41) is 20.4. The van der Waals surface area contributed by atoms with Crippen LogP contribution in [0.4, 0.5) is 5.82 Å². The molecule has 0 amide bonds. The lowest BCUT2D eigenvalue weighted by Crippen LogP contribution is -2.05. The topological polar surface area (TPSA) is 67.9 Å². The molecule has 0 bridgehead atoms. The first-order valence-corrected chi connectivity index (χ1v) is 5.14. The van der Waals surface area contributed by atoms with Crippen LogP contribution < -0.4 is 5.32 Å². The number of aliphatic hydroxyl groups excluding tert-OH is 1. The van der Waals surface area contributed by atoms with E-state index in [1.54, 1.807) is 9.36 Å². The van der Waals surface area contributed by atoms with Crippen molar-refractivity contribution in [2.75, 3.05) is 11.9 Å². The summed E-state index contributed by atoms with van der Waals surface area (Å²) in [7, 11) is 1.89. The lowest BCUT2D eigenvalue weighted by atomic mass is 10.4. The van der Waals surface area contributed by atoms with Gasteiger partial charge in [0.25, 0.3) is 0 Å². The molecular weight excluding hydrogens is 242 g/mol. The van der Waals surface area contributed by atoms with Crippen LogP contribution in [-0.4, -0.2) is 31.3 Å². The minimum absolute atomic E-state index is 0. The highest BCUT2D eigenvalue weighted by molar-refractivity contribution is 5.85. The number of anilines is 1. The summed E-state index contributed by atoms with van der Waals surface area (Å²) in [6.07, 6.45) is 3.73. The van der Waals surface area contributed by atoms with Gasteiger partial charge in [0.1, 0.15) is 5.82 Å².